The maximum Gasteiger partial charge on any atom is 0.243 e. The molecule has 6 heteroatoms. The molecule has 0 aliphatic rings. The zero-order valence-electron chi connectivity index (χ0n) is 11.5. The molecule has 0 aliphatic carbocycles. The Kier molecular flexibility index (Phi) is 5.14. The van der Waals surface area contributed by atoms with Crippen LogP contribution in [0.3, 0.4) is 0 Å². The van der Waals surface area contributed by atoms with Crippen molar-refractivity contribution in [2.24, 2.45) is 11.7 Å². The Morgan fingerprint density at radius 2 is 2.00 bits per heavy atom. The number of nitrogens with two attached hydrogens (primary N) is 1. The lowest BCUT2D eigenvalue weighted by Gasteiger charge is -2.08. The summed E-state index contributed by atoms with van der Waals surface area (Å²) in [7, 11) is 0. The Morgan fingerprint density at radius 1 is 1.30 bits per heavy atom. The third kappa shape index (κ3) is 4.31. The van der Waals surface area contributed by atoms with Gasteiger partial charge in [-0.15, -0.1) is 11.8 Å². The molecule has 20 heavy (non-hydrogen) atoms. The van der Waals surface area contributed by atoms with Gasteiger partial charge in [0, 0.05) is 4.90 Å². The van der Waals surface area contributed by atoms with Crippen molar-refractivity contribution in [1.82, 2.24) is 10.1 Å². The number of nitrogens with zero attached hydrogens (tertiary/aromatic N) is 2. The number of rotatable bonds is 6. The van der Waals surface area contributed by atoms with E-state index in [9.17, 15) is 4.39 Å². The van der Waals surface area contributed by atoms with Gasteiger partial charge in [-0.25, -0.2) is 4.39 Å². The third-order valence-electron chi connectivity index (χ3n) is 2.71. The zero-order valence-corrected chi connectivity index (χ0v) is 12.4. The zero-order chi connectivity index (χ0) is 14.5. The van der Waals surface area contributed by atoms with Crippen LogP contribution in [0.1, 0.15) is 38.0 Å². The van der Waals surface area contributed by atoms with E-state index in [1.807, 2.05) is 0 Å². The van der Waals surface area contributed by atoms with Crippen LogP contribution in [0.2, 0.25) is 0 Å². The van der Waals surface area contributed by atoms with Gasteiger partial charge in [-0.2, -0.15) is 4.98 Å². The standard InChI is InChI=1S/C14H18FN3OS/c1-9(2)7-12(16)14-17-13(18-19-14)8-20-11-5-3-10(15)4-6-11/h3-6,9,12H,7-8,16H2,1-2H3/t12-/m1/s1. The number of thioether (sulfide) groups is 1. The lowest BCUT2D eigenvalue weighted by atomic mass is 10.0. The molecule has 1 atom stereocenters. The van der Waals surface area contributed by atoms with Crippen molar-refractivity contribution in [2.45, 2.75) is 37.0 Å². The highest BCUT2D eigenvalue weighted by Crippen LogP contribution is 2.23. The van der Waals surface area contributed by atoms with Crippen molar-refractivity contribution in [1.29, 1.82) is 0 Å². The van der Waals surface area contributed by atoms with Crippen LogP contribution >= 0.6 is 11.8 Å². The SMILES string of the molecule is CC(C)C[C@@H](N)c1nc(CSc2ccc(F)cc2)no1. The van der Waals surface area contributed by atoms with Crippen LogP contribution in [0.5, 0.6) is 0 Å². The fourth-order valence-electron chi connectivity index (χ4n) is 1.76. The van der Waals surface area contributed by atoms with Gasteiger partial charge in [0.2, 0.25) is 5.89 Å². The molecule has 2 aromatic rings. The van der Waals surface area contributed by atoms with Crippen molar-refractivity contribution in [3.63, 3.8) is 0 Å². The van der Waals surface area contributed by atoms with E-state index in [-0.39, 0.29) is 11.9 Å². The van der Waals surface area contributed by atoms with Crippen molar-refractivity contribution in [3.8, 4) is 0 Å². The molecule has 0 bridgehead atoms. The molecule has 108 valence electrons. The lowest BCUT2D eigenvalue weighted by molar-refractivity contribution is 0.333. The van der Waals surface area contributed by atoms with Crippen molar-refractivity contribution in [3.05, 3.63) is 41.8 Å². The predicted octanol–water partition coefficient (Wildman–Crippen LogP) is 3.55. The van der Waals surface area contributed by atoms with Crippen LogP contribution in [-0.4, -0.2) is 10.1 Å². The van der Waals surface area contributed by atoms with Gasteiger partial charge in [-0.3, -0.25) is 0 Å². The van der Waals surface area contributed by atoms with E-state index < -0.39 is 0 Å². The fraction of sp³-hybridized carbons (Fsp3) is 0.429. The van der Waals surface area contributed by atoms with Gasteiger partial charge in [0.15, 0.2) is 5.82 Å². The number of hydrogen-bond acceptors (Lipinski definition) is 5. The fourth-order valence-corrected chi connectivity index (χ4v) is 2.51. The van der Waals surface area contributed by atoms with Crippen LogP contribution in [-0.2, 0) is 5.75 Å². The first-order valence-corrected chi connectivity index (χ1v) is 7.49. The topological polar surface area (TPSA) is 64.9 Å². The molecule has 1 aromatic carbocycles. The molecule has 2 N–H and O–H groups in total. The average molecular weight is 295 g/mol. The monoisotopic (exact) mass is 295 g/mol. The third-order valence-corrected chi connectivity index (χ3v) is 3.72. The van der Waals surface area contributed by atoms with Gasteiger partial charge in [-0.1, -0.05) is 19.0 Å². The van der Waals surface area contributed by atoms with E-state index in [0.29, 0.717) is 23.4 Å². The molecule has 0 radical (unpaired) electrons. The molecule has 2 rings (SSSR count). The van der Waals surface area contributed by atoms with Gasteiger partial charge < -0.3 is 10.3 Å². The number of halogens is 1. The van der Waals surface area contributed by atoms with Crippen molar-refractivity contribution >= 4 is 11.8 Å². The Labute approximate surface area is 121 Å². The van der Waals surface area contributed by atoms with E-state index >= 15 is 0 Å². The maximum absolute atomic E-state index is 12.8. The van der Waals surface area contributed by atoms with E-state index in [0.717, 1.165) is 11.3 Å². The molecule has 0 unspecified atom stereocenters. The van der Waals surface area contributed by atoms with Gasteiger partial charge in [0.05, 0.1) is 11.8 Å². The summed E-state index contributed by atoms with van der Waals surface area (Å²) in [6.07, 6.45) is 0.812. The Morgan fingerprint density at radius 3 is 2.65 bits per heavy atom. The number of aromatic nitrogens is 2. The highest BCUT2D eigenvalue weighted by atomic mass is 32.2. The molecule has 1 heterocycles. The average Bonchev–Trinajstić information content (AvgIpc) is 2.86. The molecule has 0 saturated heterocycles. The summed E-state index contributed by atoms with van der Waals surface area (Å²) in [4.78, 5) is 5.26. The summed E-state index contributed by atoms with van der Waals surface area (Å²) in [6.45, 7) is 4.20. The minimum absolute atomic E-state index is 0.216. The molecule has 4 nitrogen and oxygen atoms in total. The minimum atomic E-state index is -0.240. The van der Waals surface area contributed by atoms with Crippen LogP contribution in [0.15, 0.2) is 33.7 Å². The first-order valence-electron chi connectivity index (χ1n) is 6.51. The van der Waals surface area contributed by atoms with Crippen LogP contribution in [0.4, 0.5) is 4.39 Å². The van der Waals surface area contributed by atoms with Crippen molar-refractivity contribution < 1.29 is 8.91 Å². The molecule has 0 amide bonds. The van der Waals surface area contributed by atoms with E-state index in [1.54, 1.807) is 12.1 Å². The first-order chi connectivity index (χ1) is 9.54. The summed E-state index contributed by atoms with van der Waals surface area (Å²) >= 11 is 1.53. The summed E-state index contributed by atoms with van der Waals surface area (Å²) in [5, 5.41) is 3.92. The second kappa shape index (κ2) is 6.85. The van der Waals surface area contributed by atoms with Gasteiger partial charge in [-0.05, 0) is 36.6 Å². The highest BCUT2D eigenvalue weighted by molar-refractivity contribution is 7.98. The second-order valence-electron chi connectivity index (χ2n) is 5.03. The molecule has 0 fully saturated rings. The summed E-state index contributed by atoms with van der Waals surface area (Å²) in [6, 6.07) is 6.11. The van der Waals surface area contributed by atoms with Crippen LogP contribution in [0.25, 0.3) is 0 Å². The van der Waals surface area contributed by atoms with Gasteiger partial charge in [0.1, 0.15) is 5.82 Å². The Bertz CT molecular complexity index is 542. The molecule has 1 aromatic heterocycles. The quantitative estimate of drug-likeness (QED) is 0.826. The van der Waals surface area contributed by atoms with Crippen LogP contribution < -0.4 is 5.73 Å². The molecule has 0 spiro atoms. The Balaban J connectivity index is 1.91. The highest BCUT2D eigenvalue weighted by Gasteiger charge is 2.16. The van der Waals surface area contributed by atoms with E-state index in [1.165, 1.54) is 23.9 Å². The van der Waals surface area contributed by atoms with E-state index in [2.05, 4.69) is 24.0 Å². The normalized spacial score (nSPS) is 12.8. The van der Waals surface area contributed by atoms with E-state index in [4.69, 9.17) is 10.3 Å². The van der Waals surface area contributed by atoms with Crippen molar-refractivity contribution in [2.75, 3.05) is 0 Å². The molecule has 0 aliphatic heterocycles. The number of hydrogen-bond donors (Lipinski definition) is 1. The molecular formula is C14H18FN3OS. The lowest BCUT2D eigenvalue weighted by Crippen LogP contribution is -2.13. The number of benzene rings is 1. The largest absolute Gasteiger partial charge is 0.338 e. The van der Waals surface area contributed by atoms with Crippen LogP contribution in [0, 0.1) is 11.7 Å². The summed E-state index contributed by atoms with van der Waals surface area (Å²) in [5.74, 6) is 1.90. The Hall–Kier alpha value is -1.40. The summed E-state index contributed by atoms with van der Waals surface area (Å²) < 4.78 is 18.0. The minimum Gasteiger partial charge on any atom is -0.338 e. The first kappa shape index (κ1) is 15.0. The predicted molar refractivity (Wildman–Crippen MR) is 76.6 cm³/mol. The molecule has 0 saturated carbocycles. The smallest absolute Gasteiger partial charge is 0.243 e. The van der Waals surface area contributed by atoms with Gasteiger partial charge >= 0.3 is 0 Å². The summed E-state index contributed by atoms with van der Waals surface area (Å²) in [5.41, 5.74) is 5.99. The maximum atomic E-state index is 12.8. The second-order valence-corrected chi connectivity index (χ2v) is 6.08. The molecular weight excluding hydrogens is 277 g/mol. The van der Waals surface area contributed by atoms with Gasteiger partial charge in [0.25, 0.3) is 0 Å².